The SMILES string of the molecule is Cc1ccc(C(C)CC=O)c(C=O)c1. The first-order chi connectivity index (χ1) is 6.69. The van der Waals surface area contributed by atoms with Gasteiger partial charge in [0.1, 0.15) is 12.6 Å². The third-order valence-corrected chi connectivity index (χ3v) is 2.35. The van der Waals surface area contributed by atoms with Gasteiger partial charge in [0.2, 0.25) is 0 Å². The van der Waals surface area contributed by atoms with Crippen molar-refractivity contribution in [1.29, 1.82) is 0 Å². The minimum absolute atomic E-state index is 0.119. The van der Waals surface area contributed by atoms with E-state index in [0.29, 0.717) is 12.0 Å². The van der Waals surface area contributed by atoms with Crippen molar-refractivity contribution in [3.8, 4) is 0 Å². The first-order valence-electron chi connectivity index (χ1n) is 4.68. The maximum atomic E-state index is 10.8. The molecule has 1 aromatic carbocycles. The fourth-order valence-corrected chi connectivity index (χ4v) is 1.52. The van der Waals surface area contributed by atoms with Gasteiger partial charge in [-0.1, -0.05) is 24.6 Å². The van der Waals surface area contributed by atoms with Gasteiger partial charge in [0, 0.05) is 12.0 Å². The molecule has 0 N–H and O–H groups in total. The van der Waals surface area contributed by atoms with Crippen LogP contribution in [0.3, 0.4) is 0 Å². The molecule has 0 heterocycles. The predicted octanol–water partition coefficient (Wildman–Crippen LogP) is 2.50. The van der Waals surface area contributed by atoms with Crippen LogP contribution in [0.5, 0.6) is 0 Å². The van der Waals surface area contributed by atoms with Gasteiger partial charge in [-0.15, -0.1) is 0 Å². The fraction of sp³-hybridized carbons (Fsp3) is 0.333. The molecule has 1 rings (SSSR count). The van der Waals surface area contributed by atoms with E-state index in [4.69, 9.17) is 0 Å². The summed E-state index contributed by atoms with van der Waals surface area (Å²) in [6, 6.07) is 5.74. The van der Waals surface area contributed by atoms with Crippen LogP contribution in [-0.4, -0.2) is 12.6 Å². The number of aryl methyl sites for hydroxylation is 1. The van der Waals surface area contributed by atoms with Crippen molar-refractivity contribution in [1.82, 2.24) is 0 Å². The maximum absolute atomic E-state index is 10.8. The van der Waals surface area contributed by atoms with Crippen molar-refractivity contribution < 1.29 is 9.59 Å². The van der Waals surface area contributed by atoms with Gasteiger partial charge in [-0.3, -0.25) is 4.79 Å². The third-order valence-electron chi connectivity index (χ3n) is 2.35. The van der Waals surface area contributed by atoms with Crippen molar-refractivity contribution in [3.05, 3.63) is 34.9 Å². The molecule has 0 aliphatic carbocycles. The van der Waals surface area contributed by atoms with Crippen molar-refractivity contribution >= 4 is 12.6 Å². The summed E-state index contributed by atoms with van der Waals surface area (Å²) in [5.74, 6) is 0.119. The molecule has 2 heteroatoms. The smallest absolute Gasteiger partial charge is 0.150 e. The van der Waals surface area contributed by atoms with Crippen LogP contribution < -0.4 is 0 Å². The van der Waals surface area contributed by atoms with Crippen LogP contribution in [0.4, 0.5) is 0 Å². The Morgan fingerprint density at radius 1 is 1.36 bits per heavy atom. The molecule has 0 bridgehead atoms. The van der Waals surface area contributed by atoms with Gasteiger partial charge in [-0.05, 0) is 24.5 Å². The van der Waals surface area contributed by atoms with E-state index < -0.39 is 0 Å². The summed E-state index contributed by atoms with van der Waals surface area (Å²) in [5.41, 5.74) is 2.71. The van der Waals surface area contributed by atoms with Crippen LogP contribution in [0.15, 0.2) is 18.2 Å². The maximum Gasteiger partial charge on any atom is 0.150 e. The molecule has 1 aromatic rings. The number of carbonyl (C=O) groups is 2. The van der Waals surface area contributed by atoms with Crippen LogP contribution >= 0.6 is 0 Å². The van der Waals surface area contributed by atoms with Crippen LogP contribution in [0, 0.1) is 6.92 Å². The zero-order chi connectivity index (χ0) is 10.6. The lowest BCUT2D eigenvalue weighted by atomic mass is 9.93. The zero-order valence-electron chi connectivity index (χ0n) is 8.49. The number of aldehydes is 2. The van der Waals surface area contributed by atoms with Crippen molar-refractivity contribution in [3.63, 3.8) is 0 Å². The van der Waals surface area contributed by atoms with E-state index in [1.807, 2.05) is 32.0 Å². The van der Waals surface area contributed by atoms with Gasteiger partial charge in [0.05, 0.1) is 0 Å². The summed E-state index contributed by atoms with van der Waals surface area (Å²) in [6.45, 7) is 3.90. The van der Waals surface area contributed by atoms with E-state index in [-0.39, 0.29) is 5.92 Å². The minimum atomic E-state index is 0.119. The lowest BCUT2D eigenvalue weighted by Gasteiger charge is -2.11. The lowest BCUT2D eigenvalue weighted by molar-refractivity contribution is -0.108. The molecule has 0 saturated heterocycles. The molecule has 0 aliphatic heterocycles. The Hall–Kier alpha value is -1.44. The lowest BCUT2D eigenvalue weighted by Crippen LogP contribution is -1.99. The number of rotatable bonds is 4. The Balaban J connectivity index is 3.06. The van der Waals surface area contributed by atoms with Crippen molar-refractivity contribution in [2.75, 3.05) is 0 Å². The molecule has 1 unspecified atom stereocenters. The molecule has 1 atom stereocenters. The summed E-state index contributed by atoms with van der Waals surface area (Å²) in [6.07, 6.45) is 2.20. The van der Waals surface area contributed by atoms with Gasteiger partial charge in [-0.25, -0.2) is 0 Å². The topological polar surface area (TPSA) is 34.1 Å². The second-order valence-corrected chi connectivity index (χ2v) is 3.55. The van der Waals surface area contributed by atoms with Gasteiger partial charge in [0.15, 0.2) is 0 Å². The number of hydrogen-bond acceptors (Lipinski definition) is 2. The van der Waals surface area contributed by atoms with E-state index in [0.717, 1.165) is 23.7 Å². The van der Waals surface area contributed by atoms with Gasteiger partial charge < -0.3 is 4.79 Å². The molecule has 14 heavy (non-hydrogen) atoms. The van der Waals surface area contributed by atoms with Crippen molar-refractivity contribution in [2.45, 2.75) is 26.2 Å². The summed E-state index contributed by atoms with van der Waals surface area (Å²) in [7, 11) is 0. The molecule has 0 saturated carbocycles. The van der Waals surface area contributed by atoms with Gasteiger partial charge in [-0.2, -0.15) is 0 Å². The fourth-order valence-electron chi connectivity index (χ4n) is 1.52. The van der Waals surface area contributed by atoms with Crippen LogP contribution in [-0.2, 0) is 4.79 Å². The van der Waals surface area contributed by atoms with Gasteiger partial charge in [0.25, 0.3) is 0 Å². The summed E-state index contributed by atoms with van der Waals surface area (Å²) < 4.78 is 0. The molecule has 0 spiro atoms. The quantitative estimate of drug-likeness (QED) is 0.683. The zero-order valence-corrected chi connectivity index (χ0v) is 8.49. The molecule has 0 aromatic heterocycles. The Morgan fingerprint density at radius 3 is 2.64 bits per heavy atom. The van der Waals surface area contributed by atoms with E-state index in [9.17, 15) is 9.59 Å². The summed E-state index contributed by atoms with van der Waals surface area (Å²) in [5, 5.41) is 0. The second kappa shape index (κ2) is 4.70. The number of benzene rings is 1. The van der Waals surface area contributed by atoms with Crippen LogP contribution in [0.2, 0.25) is 0 Å². The highest BCUT2D eigenvalue weighted by Gasteiger charge is 2.09. The average Bonchev–Trinajstić information content (AvgIpc) is 2.17. The largest absolute Gasteiger partial charge is 0.303 e. The summed E-state index contributed by atoms with van der Waals surface area (Å²) in [4.78, 5) is 21.2. The normalized spacial score (nSPS) is 12.1. The third kappa shape index (κ3) is 2.28. The van der Waals surface area contributed by atoms with E-state index in [1.165, 1.54) is 0 Å². The minimum Gasteiger partial charge on any atom is -0.303 e. The monoisotopic (exact) mass is 190 g/mol. The molecular weight excluding hydrogens is 176 g/mol. The van der Waals surface area contributed by atoms with E-state index in [2.05, 4.69) is 0 Å². The Bertz CT molecular complexity index is 342. The molecule has 0 amide bonds. The first kappa shape index (κ1) is 10.6. The van der Waals surface area contributed by atoms with Gasteiger partial charge >= 0.3 is 0 Å². The summed E-state index contributed by atoms with van der Waals surface area (Å²) >= 11 is 0. The molecule has 0 radical (unpaired) electrons. The highest BCUT2D eigenvalue weighted by molar-refractivity contribution is 5.78. The number of carbonyl (C=O) groups excluding carboxylic acids is 2. The van der Waals surface area contributed by atoms with E-state index in [1.54, 1.807) is 0 Å². The highest BCUT2D eigenvalue weighted by Crippen LogP contribution is 2.21. The first-order valence-corrected chi connectivity index (χ1v) is 4.68. The highest BCUT2D eigenvalue weighted by atomic mass is 16.1. The average molecular weight is 190 g/mol. The standard InChI is InChI=1S/C12H14O2/c1-9-3-4-12(10(2)5-6-13)11(7-9)8-14/h3-4,6-8,10H,5H2,1-2H3. The van der Waals surface area contributed by atoms with Crippen LogP contribution in [0.25, 0.3) is 0 Å². The predicted molar refractivity (Wildman–Crippen MR) is 55.7 cm³/mol. The second-order valence-electron chi connectivity index (χ2n) is 3.55. The Kier molecular flexibility index (Phi) is 3.57. The molecular formula is C12H14O2. The molecule has 74 valence electrons. The Morgan fingerprint density at radius 2 is 2.07 bits per heavy atom. The van der Waals surface area contributed by atoms with Crippen LogP contribution in [0.1, 0.15) is 40.7 Å². The van der Waals surface area contributed by atoms with E-state index >= 15 is 0 Å². The molecule has 0 fully saturated rings. The Labute approximate surface area is 83.9 Å². The number of hydrogen-bond donors (Lipinski definition) is 0. The van der Waals surface area contributed by atoms with Crippen molar-refractivity contribution in [2.24, 2.45) is 0 Å². The molecule has 2 nitrogen and oxygen atoms in total. The molecule has 0 aliphatic rings.